The molecule has 2 nitrogen and oxygen atoms in total. The Bertz CT molecular complexity index is 123. The van der Waals surface area contributed by atoms with Gasteiger partial charge in [-0.1, -0.05) is 0 Å². The molecule has 0 radical (unpaired) electrons. The predicted octanol–water partition coefficient (Wildman–Crippen LogP) is 0.410. The van der Waals surface area contributed by atoms with Gasteiger partial charge in [-0.3, -0.25) is 10.2 Å². The van der Waals surface area contributed by atoms with E-state index in [4.69, 9.17) is 0 Å². The molecule has 1 heterocycles. The lowest BCUT2D eigenvalue weighted by Crippen LogP contribution is -2.39. The molecule has 0 saturated carbocycles. The summed E-state index contributed by atoms with van der Waals surface area (Å²) < 4.78 is 35.5. The molecular weight excluding hydrogens is 145 g/mol. The lowest BCUT2D eigenvalue weighted by molar-refractivity contribution is -0.150. The molecule has 0 aromatic heterocycles. The molecule has 0 amide bonds. The molecule has 1 saturated heterocycles. The maximum atomic E-state index is 11.8. The Labute approximate surface area is 57.0 Å². The van der Waals surface area contributed by atoms with E-state index in [1.165, 1.54) is 0 Å². The molecule has 1 N–H and O–H groups in total. The number of likely N-dealkylation sites (N-methyl/N-ethyl adjacent to an activating group) is 1. The highest BCUT2D eigenvalue weighted by molar-refractivity contribution is 4.82. The molecule has 0 aromatic carbocycles. The van der Waals surface area contributed by atoms with Crippen LogP contribution in [0.2, 0.25) is 0 Å². The lowest BCUT2D eigenvalue weighted by atomic mass is 10.3. The third-order valence-corrected chi connectivity index (χ3v) is 1.50. The first-order valence-corrected chi connectivity index (χ1v) is 2.99. The zero-order valence-corrected chi connectivity index (χ0v) is 5.57. The van der Waals surface area contributed by atoms with Crippen LogP contribution in [0.1, 0.15) is 0 Å². The van der Waals surface area contributed by atoms with E-state index in [0.29, 0.717) is 6.67 Å². The van der Waals surface area contributed by atoms with Gasteiger partial charge in [0.2, 0.25) is 0 Å². The van der Waals surface area contributed by atoms with Gasteiger partial charge in [-0.05, 0) is 7.05 Å². The van der Waals surface area contributed by atoms with Crippen molar-refractivity contribution in [2.45, 2.75) is 12.2 Å². The van der Waals surface area contributed by atoms with Gasteiger partial charge in [-0.25, -0.2) is 0 Å². The normalized spacial score (nSPS) is 29.4. The molecule has 1 aliphatic rings. The van der Waals surface area contributed by atoms with E-state index >= 15 is 0 Å². The Morgan fingerprint density at radius 3 is 2.30 bits per heavy atom. The lowest BCUT2D eigenvalue weighted by Gasteiger charge is -2.13. The standard InChI is InChI=1S/C5H9F3N2/c1-10-2-4(9-3-10)5(6,7)8/h4,9H,2-3H2,1H3. The zero-order valence-electron chi connectivity index (χ0n) is 5.57. The van der Waals surface area contributed by atoms with E-state index in [9.17, 15) is 13.2 Å². The Morgan fingerprint density at radius 1 is 1.50 bits per heavy atom. The van der Waals surface area contributed by atoms with Crippen LogP contribution >= 0.6 is 0 Å². The molecular formula is C5H9F3N2. The minimum absolute atomic E-state index is 0.0590. The van der Waals surface area contributed by atoms with Crippen LogP contribution in [0.25, 0.3) is 0 Å². The minimum atomic E-state index is -4.09. The average Bonchev–Trinajstić information content (AvgIpc) is 2.11. The van der Waals surface area contributed by atoms with Crippen molar-refractivity contribution < 1.29 is 13.2 Å². The van der Waals surface area contributed by atoms with Crippen LogP contribution in [0.3, 0.4) is 0 Å². The number of alkyl halides is 3. The predicted molar refractivity (Wildman–Crippen MR) is 30.5 cm³/mol. The van der Waals surface area contributed by atoms with Crippen molar-refractivity contribution in [2.75, 3.05) is 20.3 Å². The molecule has 1 unspecified atom stereocenters. The highest BCUT2D eigenvalue weighted by atomic mass is 19.4. The van der Waals surface area contributed by atoms with Gasteiger partial charge in [0, 0.05) is 13.2 Å². The molecule has 1 fully saturated rings. The third-order valence-electron chi connectivity index (χ3n) is 1.50. The third kappa shape index (κ3) is 1.60. The van der Waals surface area contributed by atoms with Crippen LogP contribution in [-0.2, 0) is 0 Å². The van der Waals surface area contributed by atoms with E-state index < -0.39 is 12.2 Å². The van der Waals surface area contributed by atoms with Crippen LogP contribution in [0.4, 0.5) is 13.2 Å². The second kappa shape index (κ2) is 2.39. The summed E-state index contributed by atoms with van der Waals surface area (Å²) in [6.07, 6.45) is -4.09. The Hall–Kier alpha value is -0.290. The van der Waals surface area contributed by atoms with Gasteiger partial charge >= 0.3 is 6.18 Å². The van der Waals surface area contributed by atoms with Crippen molar-refractivity contribution in [3.05, 3.63) is 0 Å². The minimum Gasteiger partial charge on any atom is -0.292 e. The summed E-state index contributed by atoms with van der Waals surface area (Å²) in [6, 6.07) is -1.34. The second-order valence-corrected chi connectivity index (χ2v) is 2.50. The summed E-state index contributed by atoms with van der Waals surface area (Å²) in [5.41, 5.74) is 0. The smallest absolute Gasteiger partial charge is 0.292 e. The molecule has 1 rings (SSSR count). The number of halogens is 3. The Balaban J connectivity index is 2.45. The second-order valence-electron chi connectivity index (χ2n) is 2.50. The number of rotatable bonds is 0. The average molecular weight is 154 g/mol. The van der Waals surface area contributed by atoms with E-state index in [-0.39, 0.29) is 6.54 Å². The summed E-state index contributed by atoms with van der Waals surface area (Å²) in [6.45, 7) is 0.383. The summed E-state index contributed by atoms with van der Waals surface area (Å²) >= 11 is 0. The van der Waals surface area contributed by atoms with Crippen molar-refractivity contribution in [3.63, 3.8) is 0 Å². The molecule has 0 bridgehead atoms. The van der Waals surface area contributed by atoms with Crippen LogP contribution in [-0.4, -0.2) is 37.4 Å². The summed E-state index contributed by atoms with van der Waals surface area (Å²) in [5.74, 6) is 0. The first-order chi connectivity index (χ1) is 4.50. The first-order valence-electron chi connectivity index (χ1n) is 2.99. The number of nitrogens with one attached hydrogen (secondary N) is 1. The summed E-state index contributed by atoms with van der Waals surface area (Å²) in [4.78, 5) is 1.60. The van der Waals surface area contributed by atoms with Gasteiger partial charge in [0.25, 0.3) is 0 Å². The molecule has 0 spiro atoms. The van der Waals surface area contributed by atoms with Crippen molar-refractivity contribution in [2.24, 2.45) is 0 Å². The highest BCUT2D eigenvalue weighted by Crippen LogP contribution is 2.22. The fraction of sp³-hybridized carbons (Fsp3) is 1.00. The maximum absolute atomic E-state index is 11.8. The highest BCUT2D eigenvalue weighted by Gasteiger charge is 2.42. The zero-order chi connectivity index (χ0) is 7.78. The first kappa shape index (κ1) is 7.81. The SMILES string of the molecule is CN1CNC(C(F)(F)F)C1. The summed E-state index contributed by atoms with van der Waals surface area (Å²) in [7, 11) is 1.65. The molecule has 5 heteroatoms. The quantitative estimate of drug-likeness (QED) is 0.543. The summed E-state index contributed by atoms with van der Waals surface area (Å²) in [5, 5.41) is 2.35. The Kier molecular flexibility index (Phi) is 1.87. The van der Waals surface area contributed by atoms with Gasteiger partial charge in [0.05, 0.1) is 0 Å². The fourth-order valence-electron chi connectivity index (χ4n) is 0.926. The fourth-order valence-corrected chi connectivity index (χ4v) is 0.926. The van der Waals surface area contributed by atoms with Gasteiger partial charge in [-0.15, -0.1) is 0 Å². The van der Waals surface area contributed by atoms with Crippen LogP contribution in [0.5, 0.6) is 0 Å². The van der Waals surface area contributed by atoms with E-state index in [1.807, 2.05) is 0 Å². The Morgan fingerprint density at radius 2 is 2.10 bits per heavy atom. The van der Waals surface area contributed by atoms with Crippen molar-refractivity contribution in [1.29, 1.82) is 0 Å². The van der Waals surface area contributed by atoms with Gasteiger partial charge in [0.1, 0.15) is 6.04 Å². The maximum Gasteiger partial charge on any atom is 0.405 e. The van der Waals surface area contributed by atoms with Crippen LogP contribution in [0.15, 0.2) is 0 Å². The van der Waals surface area contributed by atoms with E-state index in [0.717, 1.165) is 0 Å². The van der Waals surface area contributed by atoms with E-state index in [1.54, 1.807) is 11.9 Å². The molecule has 0 aromatic rings. The van der Waals surface area contributed by atoms with Crippen molar-refractivity contribution in [1.82, 2.24) is 10.2 Å². The number of hydrogen-bond donors (Lipinski definition) is 1. The van der Waals surface area contributed by atoms with E-state index in [2.05, 4.69) is 5.32 Å². The van der Waals surface area contributed by atoms with Gasteiger partial charge in [-0.2, -0.15) is 13.2 Å². The van der Waals surface area contributed by atoms with Gasteiger partial charge < -0.3 is 0 Å². The number of nitrogens with zero attached hydrogens (tertiary/aromatic N) is 1. The molecule has 1 aliphatic heterocycles. The van der Waals surface area contributed by atoms with Gasteiger partial charge in [0.15, 0.2) is 0 Å². The monoisotopic (exact) mass is 154 g/mol. The van der Waals surface area contributed by atoms with Crippen LogP contribution in [0, 0.1) is 0 Å². The molecule has 0 aliphatic carbocycles. The van der Waals surface area contributed by atoms with Crippen molar-refractivity contribution >= 4 is 0 Å². The van der Waals surface area contributed by atoms with Crippen LogP contribution < -0.4 is 5.32 Å². The molecule has 60 valence electrons. The topological polar surface area (TPSA) is 15.3 Å². The van der Waals surface area contributed by atoms with Crippen molar-refractivity contribution in [3.8, 4) is 0 Å². The largest absolute Gasteiger partial charge is 0.405 e. The molecule has 10 heavy (non-hydrogen) atoms. The molecule has 1 atom stereocenters. The number of hydrogen-bond acceptors (Lipinski definition) is 2.